The molecule has 1 aromatic heterocycles. The van der Waals surface area contributed by atoms with E-state index in [2.05, 4.69) is 5.32 Å². The van der Waals surface area contributed by atoms with Crippen molar-refractivity contribution < 1.29 is 13.2 Å². The number of sulfonamides is 1. The Kier molecular flexibility index (Phi) is 6.44. The van der Waals surface area contributed by atoms with Crippen LogP contribution in [0.5, 0.6) is 0 Å². The van der Waals surface area contributed by atoms with Crippen LogP contribution in [-0.4, -0.2) is 62.3 Å². The van der Waals surface area contributed by atoms with Gasteiger partial charge in [0.05, 0.1) is 0 Å². The fourth-order valence-corrected chi connectivity index (χ4v) is 5.85. The van der Waals surface area contributed by atoms with E-state index in [9.17, 15) is 13.2 Å². The van der Waals surface area contributed by atoms with Crippen molar-refractivity contribution in [3.05, 3.63) is 17.5 Å². The number of hydrogen-bond donors (Lipinski definition) is 1. The van der Waals surface area contributed by atoms with E-state index in [-0.39, 0.29) is 18.3 Å². The summed E-state index contributed by atoms with van der Waals surface area (Å²) in [6, 6.07) is 2.80. The molecular weight excluding hydrogens is 358 g/mol. The molecule has 1 N–H and O–H groups in total. The van der Waals surface area contributed by atoms with Crippen molar-refractivity contribution >= 4 is 39.7 Å². The van der Waals surface area contributed by atoms with Crippen molar-refractivity contribution in [1.82, 2.24) is 14.5 Å². The molecule has 1 unspecified atom stereocenters. The van der Waals surface area contributed by atoms with Crippen LogP contribution in [0.25, 0.3) is 0 Å². The topological polar surface area (TPSA) is 69.7 Å². The van der Waals surface area contributed by atoms with Crippen molar-refractivity contribution in [3.63, 3.8) is 0 Å². The lowest BCUT2D eigenvalue weighted by atomic mass is 10.2. The fourth-order valence-electron chi connectivity index (χ4n) is 3.08. The first-order chi connectivity index (χ1) is 10.6. The van der Waals surface area contributed by atoms with E-state index < -0.39 is 16.1 Å². The third-order valence-electron chi connectivity index (χ3n) is 4.20. The molecule has 2 fully saturated rings. The number of nitrogens with zero attached hydrogens (tertiary/aromatic N) is 2. The minimum absolute atomic E-state index is 0. The average Bonchev–Trinajstić information content (AvgIpc) is 3.14. The third-order valence-corrected chi connectivity index (χ3v) is 7.48. The Hall–Kier alpha value is -0.670. The average molecular weight is 380 g/mol. The summed E-state index contributed by atoms with van der Waals surface area (Å²) in [4.78, 5) is 14.6. The van der Waals surface area contributed by atoms with Crippen molar-refractivity contribution in [2.45, 2.75) is 29.5 Å². The normalized spacial score (nSPS) is 23.3. The van der Waals surface area contributed by atoms with E-state index in [1.807, 2.05) is 4.90 Å². The minimum atomic E-state index is -3.55. The zero-order valence-corrected chi connectivity index (χ0v) is 15.3. The molecule has 3 rings (SSSR count). The second-order valence-electron chi connectivity index (χ2n) is 5.63. The number of nitrogens with one attached hydrogen (secondary N) is 1. The molecule has 1 amide bonds. The fraction of sp³-hybridized carbons (Fsp3) is 0.643. The Balaban J connectivity index is 0.00000192. The molecule has 130 valence electrons. The quantitative estimate of drug-likeness (QED) is 0.855. The molecule has 3 heterocycles. The number of rotatable bonds is 3. The van der Waals surface area contributed by atoms with Crippen LogP contribution in [0.1, 0.15) is 19.3 Å². The number of thiophene rings is 1. The lowest BCUT2D eigenvalue weighted by Gasteiger charge is -2.28. The summed E-state index contributed by atoms with van der Waals surface area (Å²) in [7, 11) is -3.55. The molecule has 2 aliphatic rings. The molecule has 0 radical (unpaired) electrons. The number of amides is 1. The van der Waals surface area contributed by atoms with Gasteiger partial charge in [0.15, 0.2) is 0 Å². The lowest BCUT2D eigenvalue weighted by molar-refractivity contribution is -0.134. The van der Waals surface area contributed by atoms with Gasteiger partial charge in [-0.25, -0.2) is 8.42 Å². The first kappa shape index (κ1) is 18.7. The zero-order chi connectivity index (χ0) is 15.6. The van der Waals surface area contributed by atoms with Crippen molar-refractivity contribution in [2.24, 2.45) is 0 Å². The van der Waals surface area contributed by atoms with E-state index in [0.717, 1.165) is 25.9 Å². The van der Waals surface area contributed by atoms with E-state index in [1.54, 1.807) is 17.5 Å². The van der Waals surface area contributed by atoms with Crippen LogP contribution in [0.15, 0.2) is 21.7 Å². The van der Waals surface area contributed by atoms with Crippen LogP contribution in [0.3, 0.4) is 0 Å². The highest BCUT2D eigenvalue weighted by atomic mass is 35.5. The predicted molar refractivity (Wildman–Crippen MR) is 92.5 cm³/mol. The van der Waals surface area contributed by atoms with Gasteiger partial charge in [0.25, 0.3) is 10.0 Å². The smallest absolute Gasteiger partial charge is 0.253 e. The molecule has 0 saturated carbocycles. The van der Waals surface area contributed by atoms with Crippen molar-refractivity contribution in [2.75, 3.05) is 32.7 Å². The van der Waals surface area contributed by atoms with Crippen molar-refractivity contribution in [1.29, 1.82) is 0 Å². The molecule has 0 spiro atoms. The number of carbonyl (C=O) groups excluding carboxylic acids is 1. The first-order valence-corrected chi connectivity index (χ1v) is 9.97. The Morgan fingerprint density at radius 3 is 2.78 bits per heavy atom. The summed E-state index contributed by atoms with van der Waals surface area (Å²) < 4.78 is 27.2. The van der Waals surface area contributed by atoms with Gasteiger partial charge >= 0.3 is 0 Å². The Labute approximate surface area is 147 Å². The van der Waals surface area contributed by atoms with Gasteiger partial charge < -0.3 is 10.2 Å². The standard InChI is InChI=1S/C14H21N3O3S2.ClH/c18-14(16-8-3-6-15-7-10-16)12-4-1-9-17(12)22(19,20)13-5-2-11-21-13;/h2,5,11-12,15H,1,3-4,6-10H2;1H. The van der Waals surface area contributed by atoms with Crippen LogP contribution in [0.2, 0.25) is 0 Å². The van der Waals surface area contributed by atoms with Gasteiger partial charge in [-0.3, -0.25) is 4.79 Å². The SMILES string of the molecule is Cl.O=C(C1CCCN1S(=O)(=O)c1cccs1)N1CCCNCC1. The molecule has 2 saturated heterocycles. The van der Waals surface area contributed by atoms with E-state index >= 15 is 0 Å². The Morgan fingerprint density at radius 1 is 1.22 bits per heavy atom. The molecule has 1 aromatic rings. The summed E-state index contributed by atoms with van der Waals surface area (Å²) in [5.74, 6) is -0.0404. The van der Waals surface area contributed by atoms with Crippen LogP contribution >= 0.6 is 23.7 Å². The summed E-state index contributed by atoms with van der Waals surface area (Å²) >= 11 is 1.20. The molecule has 9 heteroatoms. The highest BCUT2D eigenvalue weighted by Crippen LogP contribution is 2.29. The molecule has 0 aliphatic carbocycles. The molecular formula is C14H22ClN3O3S2. The third kappa shape index (κ3) is 3.88. The molecule has 23 heavy (non-hydrogen) atoms. The molecule has 0 bridgehead atoms. The monoisotopic (exact) mass is 379 g/mol. The Morgan fingerprint density at radius 2 is 2.04 bits per heavy atom. The first-order valence-electron chi connectivity index (χ1n) is 7.65. The van der Waals surface area contributed by atoms with Gasteiger partial charge in [-0.1, -0.05) is 6.07 Å². The second kappa shape index (κ2) is 7.94. The van der Waals surface area contributed by atoms with Gasteiger partial charge in [0, 0.05) is 26.2 Å². The summed E-state index contributed by atoms with van der Waals surface area (Å²) in [6.45, 7) is 3.47. The molecule has 0 aromatic carbocycles. The highest BCUT2D eigenvalue weighted by molar-refractivity contribution is 7.91. The van der Waals surface area contributed by atoms with Gasteiger partial charge in [-0.15, -0.1) is 23.7 Å². The van der Waals surface area contributed by atoms with Gasteiger partial charge in [0.2, 0.25) is 5.91 Å². The van der Waals surface area contributed by atoms with E-state index in [0.29, 0.717) is 30.3 Å². The van der Waals surface area contributed by atoms with Gasteiger partial charge in [-0.05, 0) is 37.3 Å². The molecule has 1 atom stereocenters. The van der Waals surface area contributed by atoms with Crippen LogP contribution < -0.4 is 5.32 Å². The summed E-state index contributed by atoms with van der Waals surface area (Å²) in [6.07, 6.45) is 2.27. The number of carbonyl (C=O) groups is 1. The van der Waals surface area contributed by atoms with E-state index in [1.165, 1.54) is 15.6 Å². The largest absolute Gasteiger partial charge is 0.340 e. The lowest BCUT2D eigenvalue weighted by Crippen LogP contribution is -2.48. The highest BCUT2D eigenvalue weighted by Gasteiger charge is 2.41. The molecule has 6 nitrogen and oxygen atoms in total. The Bertz CT molecular complexity index is 613. The van der Waals surface area contributed by atoms with Crippen LogP contribution in [-0.2, 0) is 14.8 Å². The maximum atomic E-state index is 12.8. The van der Waals surface area contributed by atoms with E-state index in [4.69, 9.17) is 0 Å². The zero-order valence-electron chi connectivity index (χ0n) is 12.8. The maximum absolute atomic E-state index is 12.8. The number of hydrogen-bond acceptors (Lipinski definition) is 5. The minimum Gasteiger partial charge on any atom is -0.340 e. The predicted octanol–water partition coefficient (Wildman–Crippen LogP) is 1.14. The summed E-state index contributed by atoms with van der Waals surface area (Å²) in [5.41, 5.74) is 0. The van der Waals surface area contributed by atoms with Crippen LogP contribution in [0.4, 0.5) is 0 Å². The van der Waals surface area contributed by atoms with Crippen LogP contribution in [0, 0.1) is 0 Å². The van der Waals surface area contributed by atoms with Gasteiger partial charge in [-0.2, -0.15) is 4.31 Å². The number of halogens is 1. The van der Waals surface area contributed by atoms with Crippen molar-refractivity contribution in [3.8, 4) is 0 Å². The summed E-state index contributed by atoms with van der Waals surface area (Å²) in [5, 5.41) is 5.01. The van der Waals surface area contributed by atoms with Gasteiger partial charge in [0.1, 0.15) is 10.3 Å². The second-order valence-corrected chi connectivity index (χ2v) is 8.70. The maximum Gasteiger partial charge on any atom is 0.253 e. The molecule has 2 aliphatic heterocycles.